The summed E-state index contributed by atoms with van der Waals surface area (Å²) >= 11 is 9.71. The number of hydrogen-bond donors (Lipinski definition) is 1. The first-order chi connectivity index (χ1) is 13.5. The van der Waals surface area contributed by atoms with E-state index in [-0.39, 0.29) is 12.4 Å². The Hall–Kier alpha value is -1.34. The normalized spacial score (nSPS) is 11.1. The smallest absolute Gasteiger partial charge is 0.167 e. The van der Waals surface area contributed by atoms with Crippen LogP contribution in [0.5, 0.6) is 11.5 Å². The molecule has 0 saturated carbocycles. The van der Waals surface area contributed by atoms with Crippen LogP contribution in [0.1, 0.15) is 25.0 Å². The van der Waals surface area contributed by atoms with E-state index in [0.29, 0.717) is 28.6 Å². The van der Waals surface area contributed by atoms with E-state index in [1.54, 1.807) is 19.2 Å². The Labute approximate surface area is 180 Å². The minimum atomic E-state index is -0.389. The Morgan fingerprint density at radius 2 is 1.89 bits per heavy atom. The van der Waals surface area contributed by atoms with Gasteiger partial charge in [0.05, 0.1) is 12.1 Å². The highest BCUT2D eigenvalue weighted by Gasteiger charge is 2.16. The predicted molar refractivity (Wildman–Crippen MR) is 116 cm³/mol. The molecule has 2 rings (SSSR count). The monoisotopic (exact) mass is 472 g/mol. The number of benzene rings is 2. The molecule has 0 heterocycles. The second-order valence-corrected chi connectivity index (χ2v) is 7.51. The van der Waals surface area contributed by atoms with Crippen molar-refractivity contribution in [1.82, 2.24) is 10.2 Å². The number of halogens is 3. The largest absolute Gasteiger partial charge is 0.493 e. The van der Waals surface area contributed by atoms with Crippen molar-refractivity contribution in [2.24, 2.45) is 0 Å². The molecule has 0 spiro atoms. The predicted octanol–water partition coefficient (Wildman–Crippen LogP) is 5.26. The van der Waals surface area contributed by atoms with Crippen molar-refractivity contribution in [3.63, 3.8) is 0 Å². The van der Waals surface area contributed by atoms with Crippen LogP contribution in [0.15, 0.2) is 34.8 Å². The maximum atomic E-state index is 14.1. The molecule has 0 fully saturated rings. The molecule has 28 heavy (non-hydrogen) atoms. The molecule has 0 aliphatic carbocycles. The molecular weight excluding hydrogens is 447 g/mol. The summed E-state index contributed by atoms with van der Waals surface area (Å²) in [6, 6.07) is 8.34. The molecule has 2 aromatic carbocycles. The lowest BCUT2D eigenvalue weighted by Crippen LogP contribution is -2.31. The number of likely N-dealkylation sites (N-methyl/N-ethyl adjacent to an activating group) is 1. The van der Waals surface area contributed by atoms with Gasteiger partial charge in [0.1, 0.15) is 12.4 Å². The molecular formula is C21H27BrClFN2O2. The van der Waals surface area contributed by atoms with E-state index in [4.69, 9.17) is 21.1 Å². The highest BCUT2D eigenvalue weighted by molar-refractivity contribution is 9.10. The van der Waals surface area contributed by atoms with Crippen LogP contribution >= 0.6 is 27.5 Å². The summed E-state index contributed by atoms with van der Waals surface area (Å²) in [4.78, 5) is 2.35. The Morgan fingerprint density at radius 3 is 2.54 bits per heavy atom. The topological polar surface area (TPSA) is 33.7 Å². The third kappa shape index (κ3) is 6.08. The molecule has 7 heteroatoms. The molecule has 0 aromatic heterocycles. The maximum absolute atomic E-state index is 14.1. The van der Waals surface area contributed by atoms with E-state index >= 15 is 0 Å². The number of hydrogen-bond acceptors (Lipinski definition) is 4. The van der Waals surface area contributed by atoms with Crippen LogP contribution in [0.25, 0.3) is 0 Å². The second-order valence-electron chi connectivity index (χ2n) is 6.25. The summed E-state index contributed by atoms with van der Waals surface area (Å²) in [5.41, 5.74) is 1.25. The minimum absolute atomic E-state index is 0.0186. The van der Waals surface area contributed by atoms with E-state index < -0.39 is 0 Å². The lowest BCUT2D eigenvalue weighted by Gasteiger charge is -2.20. The third-order valence-electron chi connectivity index (χ3n) is 4.61. The first-order valence-corrected chi connectivity index (χ1v) is 10.5. The van der Waals surface area contributed by atoms with Crippen LogP contribution in [-0.2, 0) is 13.2 Å². The van der Waals surface area contributed by atoms with Gasteiger partial charge in [-0.2, -0.15) is 0 Å². The van der Waals surface area contributed by atoms with Crippen molar-refractivity contribution in [3.8, 4) is 11.5 Å². The molecule has 2 aromatic rings. The molecule has 0 bridgehead atoms. The SMILES string of the molecule is CCN(CC)CCNCc1c(Br)ccc(OC)c1OCc1c(F)cccc1Cl. The molecule has 0 aliphatic heterocycles. The van der Waals surface area contributed by atoms with Crippen LogP contribution in [0.4, 0.5) is 4.39 Å². The van der Waals surface area contributed by atoms with Gasteiger partial charge in [0.15, 0.2) is 11.5 Å². The molecule has 4 nitrogen and oxygen atoms in total. The van der Waals surface area contributed by atoms with Crippen molar-refractivity contribution in [3.05, 3.63) is 56.8 Å². The first kappa shape index (κ1) is 22.9. The van der Waals surface area contributed by atoms with E-state index in [9.17, 15) is 4.39 Å². The summed E-state index contributed by atoms with van der Waals surface area (Å²) < 4.78 is 26.4. The summed E-state index contributed by atoms with van der Waals surface area (Å²) in [6.07, 6.45) is 0. The molecule has 0 amide bonds. The van der Waals surface area contributed by atoms with Gasteiger partial charge in [-0.1, -0.05) is 47.4 Å². The lowest BCUT2D eigenvalue weighted by atomic mass is 10.1. The molecule has 0 unspecified atom stereocenters. The number of nitrogens with zero attached hydrogens (tertiary/aromatic N) is 1. The molecule has 0 aliphatic rings. The van der Waals surface area contributed by atoms with Gasteiger partial charge >= 0.3 is 0 Å². The molecule has 154 valence electrons. The summed E-state index contributed by atoms with van der Waals surface area (Å²) in [7, 11) is 1.59. The Kier molecular flexibility index (Phi) is 9.51. The fraction of sp³-hybridized carbons (Fsp3) is 0.429. The zero-order valence-electron chi connectivity index (χ0n) is 16.5. The van der Waals surface area contributed by atoms with Crippen LogP contribution in [-0.4, -0.2) is 38.2 Å². The molecule has 0 saturated heterocycles. The van der Waals surface area contributed by atoms with E-state index in [1.165, 1.54) is 6.07 Å². The zero-order chi connectivity index (χ0) is 20.5. The average molecular weight is 474 g/mol. The van der Waals surface area contributed by atoms with E-state index in [1.807, 2.05) is 12.1 Å². The summed E-state index contributed by atoms with van der Waals surface area (Å²) in [6.45, 7) is 8.80. The van der Waals surface area contributed by atoms with Gasteiger partial charge in [-0.25, -0.2) is 4.39 Å². The van der Waals surface area contributed by atoms with Crippen LogP contribution in [0, 0.1) is 5.82 Å². The zero-order valence-corrected chi connectivity index (χ0v) is 18.9. The van der Waals surface area contributed by atoms with Crippen molar-refractivity contribution < 1.29 is 13.9 Å². The van der Waals surface area contributed by atoms with Crippen molar-refractivity contribution >= 4 is 27.5 Å². The highest BCUT2D eigenvalue weighted by Crippen LogP contribution is 2.37. The molecule has 1 N–H and O–H groups in total. The fourth-order valence-corrected chi connectivity index (χ4v) is 3.54. The molecule has 0 radical (unpaired) electrons. The number of ether oxygens (including phenoxy) is 2. The Bertz CT molecular complexity index is 752. The van der Waals surface area contributed by atoms with Gasteiger partial charge in [-0.05, 0) is 37.4 Å². The van der Waals surface area contributed by atoms with Crippen molar-refractivity contribution in [1.29, 1.82) is 0 Å². The van der Waals surface area contributed by atoms with Crippen molar-refractivity contribution in [2.45, 2.75) is 27.0 Å². The lowest BCUT2D eigenvalue weighted by molar-refractivity contribution is 0.274. The maximum Gasteiger partial charge on any atom is 0.167 e. The van der Waals surface area contributed by atoms with Crippen LogP contribution in [0.3, 0.4) is 0 Å². The van der Waals surface area contributed by atoms with Crippen LogP contribution in [0.2, 0.25) is 5.02 Å². The van der Waals surface area contributed by atoms with Crippen molar-refractivity contribution in [2.75, 3.05) is 33.3 Å². The van der Waals surface area contributed by atoms with Gasteiger partial charge in [0, 0.05) is 35.2 Å². The fourth-order valence-electron chi connectivity index (χ4n) is 2.87. The molecule has 0 atom stereocenters. The quantitative estimate of drug-likeness (QED) is 0.451. The minimum Gasteiger partial charge on any atom is -0.493 e. The summed E-state index contributed by atoms with van der Waals surface area (Å²) in [5.74, 6) is 0.781. The van der Waals surface area contributed by atoms with Gasteiger partial charge in [0.25, 0.3) is 0 Å². The summed E-state index contributed by atoms with van der Waals surface area (Å²) in [5, 5.41) is 3.79. The first-order valence-electron chi connectivity index (χ1n) is 9.35. The number of nitrogens with one attached hydrogen (secondary N) is 1. The van der Waals surface area contributed by atoms with Gasteiger partial charge in [-0.15, -0.1) is 0 Å². The Morgan fingerprint density at radius 1 is 1.14 bits per heavy atom. The Balaban J connectivity index is 2.14. The van der Waals surface area contributed by atoms with Gasteiger partial charge in [0.2, 0.25) is 0 Å². The van der Waals surface area contributed by atoms with E-state index in [2.05, 4.69) is 40.0 Å². The standard InChI is InChI=1S/C21H27BrClFN2O2/c1-4-26(5-2)12-11-25-13-15-17(22)9-10-20(27-3)21(15)28-14-16-18(23)7-6-8-19(16)24/h6-10,25H,4-5,11-14H2,1-3H3. The number of rotatable bonds is 11. The highest BCUT2D eigenvalue weighted by atomic mass is 79.9. The average Bonchev–Trinajstić information content (AvgIpc) is 2.69. The number of methoxy groups -OCH3 is 1. The van der Waals surface area contributed by atoms with Gasteiger partial charge < -0.3 is 19.7 Å². The third-order valence-corrected chi connectivity index (χ3v) is 5.71. The van der Waals surface area contributed by atoms with Gasteiger partial charge in [-0.3, -0.25) is 0 Å². The van der Waals surface area contributed by atoms with E-state index in [0.717, 1.165) is 36.2 Å². The second kappa shape index (κ2) is 11.6. The van der Waals surface area contributed by atoms with Crippen LogP contribution < -0.4 is 14.8 Å².